The molecule has 0 saturated carbocycles. The summed E-state index contributed by atoms with van der Waals surface area (Å²) >= 11 is 2.18. The van der Waals surface area contributed by atoms with Crippen LogP contribution in [0.1, 0.15) is 60.8 Å². The van der Waals surface area contributed by atoms with Gasteiger partial charge in [0.25, 0.3) is 0 Å². The summed E-state index contributed by atoms with van der Waals surface area (Å²) in [5.41, 5.74) is -1.39. The number of methoxy groups -OCH3 is 2. The molecule has 184 valence electrons. The highest BCUT2D eigenvalue weighted by molar-refractivity contribution is 14.1. The molecule has 0 N–H and O–H groups in total. The quantitative estimate of drug-likeness (QED) is 0.147. The van der Waals surface area contributed by atoms with Crippen LogP contribution in [0.4, 0.5) is 0 Å². The van der Waals surface area contributed by atoms with Crippen molar-refractivity contribution in [3.8, 4) is 0 Å². The highest BCUT2D eigenvalue weighted by Gasteiger charge is 2.51. The highest BCUT2D eigenvalue weighted by atomic mass is 127. The Labute approximate surface area is 208 Å². The number of esters is 1. The number of allylic oxidation sites excluding steroid dienone is 1. The fourth-order valence-electron chi connectivity index (χ4n) is 3.08. The summed E-state index contributed by atoms with van der Waals surface area (Å²) in [6, 6.07) is -0.310. The molecule has 1 aliphatic rings. The van der Waals surface area contributed by atoms with Gasteiger partial charge in [-0.1, -0.05) is 70.2 Å². The van der Waals surface area contributed by atoms with Gasteiger partial charge in [0.1, 0.15) is 6.04 Å². The second-order valence-electron chi connectivity index (χ2n) is 9.85. The average Bonchev–Trinajstić information content (AvgIpc) is 2.71. The minimum absolute atomic E-state index is 0.0188. The monoisotopic (exact) mass is 580 g/mol. The van der Waals surface area contributed by atoms with Gasteiger partial charge in [0.15, 0.2) is 14.6 Å². The van der Waals surface area contributed by atoms with Crippen LogP contribution in [0.15, 0.2) is 20.1 Å². The van der Waals surface area contributed by atoms with E-state index in [-0.39, 0.29) is 22.9 Å². The van der Waals surface area contributed by atoms with E-state index < -0.39 is 26.1 Å². The third kappa shape index (κ3) is 6.79. The number of aliphatic imine (C=N–C) groups is 2. The van der Waals surface area contributed by atoms with Gasteiger partial charge in [0.2, 0.25) is 17.3 Å². The SMILES string of the molecule is CC[C@]1(C(=O)O[C@H](CCC=CI)O[Si](C)(C)C(C)(C)C)N=C(OC)[C@@H](C(C)C)N=C1OC. The maximum absolute atomic E-state index is 13.6. The molecule has 0 aromatic heterocycles. The van der Waals surface area contributed by atoms with Gasteiger partial charge in [-0.15, -0.1) is 0 Å². The van der Waals surface area contributed by atoms with E-state index in [4.69, 9.17) is 23.6 Å². The van der Waals surface area contributed by atoms with E-state index in [0.717, 1.165) is 6.42 Å². The first-order valence-corrected chi connectivity index (χ1v) is 15.3. The number of carbonyl (C=O) groups excluding carboxylic acids is 1. The van der Waals surface area contributed by atoms with E-state index in [9.17, 15) is 4.79 Å². The summed E-state index contributed by atoms with van der Waals surface area (Å²) in [6.45, 7) is 16.7. The van der Waals surface area contributed by atoms with Crippen molar-refractivity contribution in [2.24, 2.45) is 15.9 Å². The van der Waals surface area contributed by atoms with E-state index in [1.54, 1.807) is 7.11 Å². The molecule has 0 aromatic carbocycles. The number of nitrogens with zero attached hydrogens (tertiary/aromatic N) is 2. The van der Waals surface area contributed by atoms with Crippen LogP contribution in [0.3, 0.4) is 0 Å². The summed E-state index contributed by atoms with van der Waals surface area (Å²) in [5.74, 6) is 0.274. The zero-order valence-electron chi connectivity index (χ0n) is 21.3. The zero-order chi connectivity index (χ0) is 24.7. The van der Waals surface area contributed by atoms with E-state index >= 15 is 0 Å². The number of carbonyl (C=O) groups is 1. The lowest BCUT2D eigenvalue weighted by molar-refractivity contribution is -0.170. The van der Waals surface area contributed by atoms with Crippen molar-refractivity contribution in [1.29, 1.82) is 0 Å². The fourth-order valence-corrected chi connectivity index (χ4v) is 4.62. The zero-order valence-corrected chi connectivity index (χ0v) is 24.5. The molecule has 0 aliphatic carbocycles. The van der Waals surface area contributed by atoms with Gasteiger partial charge in [0.05, 0.1) is 14.2 Å². The third-order valence-corrected chi connectivity index (χ3v) is 11.1. The summed E-state index contributed by atoms with van der Waals surface area (Å²) in [5, 5.41) is -0.0188. The lowest BCUT2D eigenvalue weighted by atomic mass is 9.92. The summed E-state index contributed by atoms with van der Waals surface area (Å²) in [6.07, 6.45) is 2.98. The van der Waals surface area contributed by atoms with Crippen LogP contribution in [-0.2, 0) is 23.4 Å². The van der Waals surface area contributed by atoms with Gasteiger partial charge in [-0.3, -0.25) is 0 Å². The minimum Gasteiger partial charge on any atom is -0.483 e. The van der Waals surface area contributed by atoms with Crippen molar-refractivity contribution in [2.75, 3.05) is 14.2 Å². The standard InChI is InChI=1S/C23H41IN2O5Si/c1-11-23(20(29-8)25-18(16(2)3)19(26-23)28-7)21(27)30-17(14-12-13-15-24)31-32(9,10)22(4,5)6/h13,15-18H,11-12,14H2,1-10H3/t17-,18+,23-/m0/s1. The van der Waals surface area contributed by atoms with Crippen molar-refractivity contribution in [3.05, 3.63) is 10.2 Å². The maximum Gasteiger partial charge on any atom is 0.346 e. The molecule has 1 rings (SSSR count). The second kappa shape index (κ2) is 12.0. The van der Waals surface area contributed by atoms with Crippen molar-refractivity contribution in [3.63, 3.8) is 0 Å². The van der Waals surface area contributed by atoms with Crippen molar-refractivity contribution in [1.82, 2.24) is 0 Å². The normalized spacial score (nSPS) is 23.1. The van der Waals surface area contributed by atoms with Crippen LogP contribution in [-0.4, -0.2) is 58.2 Å². The van der Waals surface area contributed by atoms with Crippen molar-refractivity contribution < 1.29 is 23.4 Å². The molecule has 1 heterocycles. The van der Waals surface area contributed by atoms with E-state index in [1.165, 1.54) is 7.11 Å². The number of hydrogen-bond acceptors (Lipinski definition) is 7. The molecular weight excluding hydrogens is 539 g/mol. The summed E-state index contributed by atoms with van der Waals surface area (Å²) in [7, 11) is 0.883. The fraction of sp³-hybridized carbons (Fsp3) is 0.783. The minimum atomic E-state index is -2.18. The molecule has 0 unspecified atom stereocenters. The molecule has 0 radical (unpaired) electrons. The molecule has 9 heteroatoms. The highest BCUT2D eigenvalue weighted by Crippen LogP contribution is 2.38. The lowest BCUT2D eigenvalue weighted by Crippen LogP contribution is -2.54. The topological polar surface area (TPSA) is 78.7 Å². The molecule has 0 spiro atoms. The number of hydrogen-bond donors (Lipinski definition) is 0. The van der Waals surface area contributed by atoms with Gasteiger partial charge in [-0.05, 0) is 41.0 Å². The first-order valence-electron chi connectivity index (χ1n) is 11.2. The van der Waals surface area contributed by atoms with Crippen LogP contribution >= 0.6 is 22.6 Å². The molecule has 0 saturated heterocycles. The Morgan fingerprint density at radius 3 is 2.31 bits per heavy atom. The molecule has 7 nitrogen and oxygen atoms in total. The Hall–Kier alpha value is -0.943. The molecular formula is C23H41IN2O5Si. The molecule has 0 fully saturated rings. The molecule has 0 aromatic rings. The van der Waals surface area contributed by atoms with Gasteiger partial charge in [0, 0.05) is 6.42 Å². The van der Waals surface area contributed by atoms with Crippen LogP contribution in [0, 0.1) is 5.92 Å². The largest absolute Gasteiger partial charge is 0.483 e. The predicted octanol–water partition coefficient (Wildman–Crippen LogP) is 5.88. The number of ether oxygens (including phenoxy) is 3. The number of halogens is 1. The molecule has 3 atom stereocenters. The third-order valence-electron chi connectivity index (χ3n) is 6.18. The first-order chi connectivity index (χ1) is 14.8. The predicted molar refractivity (Wildman–Crippen MR) is 141 cm³/mol. The van der Waals surface area contributed by atoms with Crippen LogP contribution in [0.25, 0.3) is 0 Å². The van der Waals surface area contributed by atoms with Gasteiger partial charge in [-0.2, -0.15) is 0 Å². The van der Waals surface area contributed by atoms with Gasteiger partial charge < -0.3 is 18.6 Å². The summed E-state index contributed by atoms with van der Waals surface area (Å²) < 4.78 is 25.5. The second-order valence-corrected chi connectivity index (χ2v) is 15.3. The lowest BCUT2D eigenvalue weighted by Gasteiger charge is -2.40. The van der Waals surface area contributed by atoms with Gasteiger partial charge in [-0.25, -0.2) is 14.8 Å². The Morgan fingerprint density at radius 2 is 1.88 bits per heavy atom. The number of rotatable bonds is 9. The van der Waals surface area contributed by atoms with E-state index in [1.807, 2.05) is 30.9 Å². The Morgan fingerprint density at radius 1 is 1.25 bits per heavy atom. The summed E-state index contributed by atoms with van der Waals surface area (Å²) in [4.78, 5) is 23.0. The maximum atomic E-state index is 13.6. The van der Waals surface area contributed by atoms with Gasteiger partial charge >= 0.3 is 5.97 Å². The van der Waals surface area contributed by atoms with Crippen LogP contribution < -0.4 is 0 Å². The Bertz CT molecular complexity index is 730. The average molecular weight is 581 g/mol. The molecule has 0 amide bonds. The first kappa shape index (κ1) is 29.1. The molecule has 0 bridgehead atoms. The van der Waals surface area contributed by atoms with Crippen molar-refractivity contribution in [2.45, 2.75) is 96.8 Å². The van der Waals surface area contributed by atoms with E-state index in [0.29, 0.717) is 18.7 Å². The van der Waals surface area contributed by atoms with E-state index in [2.05, 4.69) is 61.4 Å². The van der Waals surface area contributed by atoms with Crippen LogP contribution in [0.2, 0.25) is 18.1 Å². The Balaban J connectivity index is 3.32. The van der Waals surface area contributed by atoms with Crippen molar-refractivity contribution >= 4 is 48.7 Å². The molecule has 1 aliphatic heterocycles. The Kier molecular flexibility index (Phi) is 10.9. The molecule has 32 heavy (non-hydrogen) atoms. The van der Waals surface area contributed by atoms with Crippen LogP contribution in [0.5, 0.6) is 0 Å². The smallest absolute Gasteiger partial charge is 0.346 e.